The molecule has 0 aliphatic carbocycles. The summed E-state index contributed by atoms with van der Waals surface area (Å²) in [5.41, 5.74) is 0. The quantitative estimate of drug-likeness (QED) is 0.0984. The van der Waals surface area contributed by atoms with Crippen LogP contribution < -0.4 is 88.7 Å². The Morgan fingerprint density at radius 1 is 0.640 bits per heavy atom. The number of thiol groups is 1. The molecule has 25 heavy (non-hydrogen) atoms. The Balaban J connectivity index is -0.000000106. The smallest absolute Gasteiger partial charge is 0.748 e. The first-order valence-corrected chi connectivity index (χ1v) is 13.3. The molecule has 136 valence electrons. The van der Waals surface area contributed by atoms with E-state index in [0.29, 0.717) is 12.2 Å². The number of hydrogen-bond acceptors (Lipinski definition) is 12. The number of rotatable bonds is 10. The second-order valence-corrected chi connectivity index (χ2v) is 11.2. The zero-order valence-electron chi connectivity index (χ0n) is 14.1. The van der Waals surface area contributed by atoms with Crippen LogP contribution in [-0.4, -0.2) is 73.4 Å². The van der Waals surface area contributed by atoms with Gasteiger partial charge in [-0.25, -0.2) is 25.3 Å². The third-order valence-electron chi connectivity index (χ3n) is 1.47. The van der Waals surface area contributed by atoms with Crippen molar-refractivity contribution in [3.05, 3.63) is 0 Å². The van der Waals surface area contributed by atoms with Crippen molar-refractivity contribution in [2.75, 3.05) is 34.5 Å². The van der Waals surface area contributed by atoms with Gasteiger partial charge < -0.3 is 13.7 Å². The molecule has 0 aromatic carbocycles. The maximum atomic E-state index is 10.1. The molecule has 0 amide bonds. The first-order chi connectivity index (χ1) is 9.77. The van der Waals surface area contributed by atoms with Crippen molar-refractivity contribution in [2.24, 2.45) is 0 Å². The third kappa shape index (κ3) is 47.2. The normalized spacial score (nSPS) is 11.0. The predicted octanol–water partition coefficient (Wildman–Crippen LogP) is -9.68. The van der Waals surface area contributed by atoms with Crippen molar-refractivity contribution < 1.29 is 128 Å². The zero-order chi connectivity index (χ0) is 17.9. The van der Waals surface area contributed by atoms with Crippen LogP contribution in [0.4, 0.5) is 0 Å². The molecule has 0 atom stereocenters. The molecule has 0 bridgehead atoms. The van der Waals surface area contributed by atoms with Gasteiger partial charge in [-0.3, -0.25) is 0 Å². The van der Waals surface area contributed by atoms with E-state index < -0.39 is 41.9 Å². The average Bonchev–Trinajstić information content (AvgIpc) is 2.28. The summed E-state index contributed by atoms with van der Waals surface area (Å²) in [6, 6.07) is 0. The molecule has 0 aromatic heterocycles. The van der Waals surface area contributed by atoms with E-state index in [9.17, 15) is 38.9 Å². The maximum Gasteiger partial charge on any atom is 1.00 e. The van der Waals surface area contributed by atoms with E-state index in [1.807, 2.05) is 0 Å². The summed E-state index contributed by atoms with van der Waals surface area (Å²) in [7, 11) is -10.3. The summed E-state index contributed by atoms with van der Waals surface area (Å²) in [6.07, 6.45) is 0.342. The molecule has 18 heteroatoms. The molecule has 9 nitrogen and oxygen atoms in total. The van der Waals surface area contributed by atoms with E-state index in [0.717, 1.165) is 21.6 Å². The minimum Gasteiger partial charge on any atom is -0.748 e. The fourth-order valence-electron chi connectivity index (χ4n) is 0.631. The molecule has 0 N–H and O–H groups in total. The fourth-order valence-corrected chi connectivity index (χ4v) is 5.85. The Morgan fingerprint density at radius 3 is 1.08 bits per heavy atom. The summed E-state index contributed by atoms with van der Waals surface area (Å²) >= 11 is 3.73. The van der Waals surface area contributed by atoms with Crippen LogP contribution >= 0.6 is 34.2 Å². The SMILES string of the molecule is O=S(=O)([O-])CCCS.O=S(=O)([O-])CCSSCCS(=O)(=O)[O-].[Na+].[Na+].[Na+]. The Bertz CT molecular complexity index is 555. The van der Waals surface area contributed by atoms with E-state index in [1.54, 1.807) is 0 Å². The fraction of sp³-hybridized carbons (Fsp3) is 1.00. The van der Waals surface area contributed by atoms with Gasteiger partial charge in [0.2, 0.25) is 0 Å². The van der Waals surface area contributed by atoms with Crippen molar-refractivity contribution in [1.82, 2.24) is 0 Å². The van der Waals surface area contributed by atoms with Crippen LogP contribution in [0.3, 0.4) is 0 Å². The van der Waals surface area contributed by atoms with Gasteiger partial charge in [-0.2, -0.15) is 12.6 Å². The van der Waals surface area contributed by atoms with Crippen molar-refractivity contribution in [1.29, 1.82) is 0 Å². The van der Waals surface area contributed by atoms with Crippen LogP contribution in [0.5, 0.6) is 0 Å². The Hall–Kier alpha value is 3.78. The third-order valence-corrected chi connectivity index (χ3v) is 6.91. The molecule has 0 spiro atoms. The van der Waals surface area contributed by atoms with E-state index in [-0.39, 0.29) is 106 Å². The molecular formula is C7H15Na3O9S6. The minimum absolute atomic E-state index is 0. The second-order valence-electron chi connectivity index (χ2n) is 3.51. The number of hydrogen-bond donors (Lipinski definition) is 1. The minimum atomic E-state index is -4.20. The second kappa shape index (κ2) is 21.0. The molecule has 0 aliphatic rings. The molecule has 0 saturated heterocycles. The predicted molar refractivity (Wildman–Crippen MR) is 87.1 cm³/mol. The van der Waals surface area contributed by atoms with Gasteiger partial charge in [0.1, 0.15) is 0 Å². The molecule has 0 aliphatic heterocycles. The first kappa shape index (κ1) is 39.3. The van der Waals surface area contributed by atoms with Gasteiger partial charge in [0.25, 0.3) is 0 Å². The van der Waals surface area contributed by atoms with Crippen LogP contribution in [0.15, 0.2) is 0 Å². The molecule has 0 saturated carbocycles. The Morgan fingerprint density at radius 2 is 0.920 bits per heavy atom. The molecule has 0 unspecified atom stereocenters. The van der Waals surface area contributed by atoms with Crippen molar-refractivity contribution >= 4 is 64.6 Å². The van der Waals surface area contributed by atoms with Crippen molar-refractivity contribution in [3.63, 3.8) is 0 Å². The molecule has 0 aromatic rings. The van der Waals surface area contributed by atoms with Crippen LogP contribution in [0.1, 0.15) is 6.42 Å². The topological polar surface area (TPSA) is 172 Å². The van der Waals surface area contributed by atoms with Gasteiger partial charge in [0.15, 0.2) is 0 Å². The van der Waals surface area contributed by atoms with Crippen LogP contribution in [-0.2, 0) is 30.4 Å². The Kier molecular flexibility index (Phi) is 33.0. The van der Waals surface area contributed by atoms with Crippen LogP contribution in [0.25, 0.3) is 0 Å². The van der Waals surface area contributed by atoms with Gasteiger partial charge in [-0.05, 0) is 12.2 Å². The summed E-state index contributed by atoms with van der Waals surface area (Å²) in [4.78, 5) is 0. The summed E-state index contributed by atoms with van der Waals surface area (Å²) in [5.74, 6) is -0.646. The maximum absolute atomic E-state index is 10.1. The zero-order valence-corrected chi connectivity index (χ0v) is 25.1. The van der Waals surface area contributed by atoms with Crippen molar-refractivity contribution in [3.8, 4) is 0 Å². The van der Waals surface area contributed by atoms with Gasteiger partial charge in [-0.1, -0.05) is 21.6 Å². The van der Waals surface area contributed by atoms with Gasteiger partial charge in [-0.15, -0.1) is 0 Å². The van der Waals surface area contributed by atoms with Crippen LogP contribution in [0, 0.1) is 0 Å². The molecule has 0 heterocycles. The summed E-state index contributed by atoms with van der Waals surface area (Å²) < 4.78 is 90.0. The summed E-state index contributed by atoms with van der Waals surface area (Å²) in [6.45, 7) is 0. The molecule has 0 radical (unpaired) electrons. The van der Waals surface area contributed by atoms with E-state index in [2.05, 4.69) is 12.6 Å². The largest absolute Gasteiger partial charge is 1.00 e. The molecule has 0 rings (SSSR count). The molecule has 0 fully saturated rings. The van der Waals surface area contributed by atoms with Gasteiger partial charge >= 0.3 is 88.7 Å². The van der Waals surface area contributed by atoms with Gasteiger partial charge in [0.05, 0.1) is 30.4 Å². The van der Waals surface area contributed by atoms with E-state index in [4.69, 9.17) is 0 Å². The first-order valence-electron chi connectivity index (χ1n) is 5.43. The van der Waals surface area contributed by atoms with Gasteiger partial charge in [0, 0.05) is 28.8 Å². The van der Waals surface area contributed by atoms with Crippen molar-refractivity contribution in [2.45, 2.75) is 6.42 Å². The Labute approximate surface area is 229 Å². The van der Waals surface area contributed by atoms with E-state index >= 15 is 0 Å². The summed E-state index contributed by atoms with van der Waals surface area (Å²) in [5, 5.41) is 0. The van der Waals surface area contributed by atoms with Crippen LogP contribution in [0.2, 0.25) is 0 Å². The molecular weight excluding hydrogens is 489 g/mol. The standard InChI is InChI=1S/C4H10O6S4.C3H8O3S2.3Na/c5-13(6,7)3-1-11-12-2-4-14(8,9)10;4-8(5,6)3-1-2-7;;;/h1-4H2,(H,5,6,7)(H,8,9,10);7H,1-3H2,(H,4,5,6);;;/q;;3*+1/p-3. The monoisotopic (exact) mass is 504 g/mol. The van der Waals surface area contributed by atoms with E-state index in [1.165, 1.54) is 0 Å². The average molecular weight is 505 g/mol.